The standard InChI is InChI=1S/C29H32FN3O3/c1-5-27(30)36-17-21-13-20(14-26(35-4)28(21)25(34)8-6-7-19-9-10-19)23-15-32-33-16-22(11-12-24(23)33)29(2,3)18-31/h5,11-16,19,27H,1,6-10,17H2,2-4H3. The molecule has 6 nitrogen and oxygen atoms in total. The molecule has 0 aliphatic heterocycles. The summed E-state index contributed by atoms with van der Waals surface area (Å²) in [6.45, 7) is 7.05. The largest absolute Gasteiger partial charge is 0.496 e. The number of ether oxygens (including phenoxy) is 2. The first-order valence-electron chi connectivity index (χ1n) is 12.3. The van der Waals surface area contributed by atoms with Gasteiger partial charge in [0.05, 0.1) is 42.5 Å². The molecule has 1 aliphatic rings. The van der Waals surface area contributed by atoms with Crippen LogP contribution in [0.4, 0.5) is 4.39 Å². The first kappa shape index (κ1) is 25.6. The zero-order valence-corrected chi connectivity index (χ0v) is 21.1. The van der Waals surface area contributed by atoms with Gasteiger partial charge in [-0.25, -0.2) is 8.91 Å². The molecule has 4 rings (SSSR count). The van der Waals surface area contributed by atoms with Crippen molar-refractivity contribution < 1.29 is 18.7 Å². The summed E-state index contributed by atoms with van der Waals surface area (Å²) in [5.74, 6) is 1.15. The van der Waals surface area contributed by atoms with Crippen LogP contribution in [-0.2, 0) is 16.8 Å². The van der Waals surface area contributed by atoms with E-state index in [1.165, 1.54) is 20.0 Å². The molecule has 2 aromatic heterocycles. The molecular formula is C29H32FN3O3. The number of aromatic nitrogens is 2. The predicted octanol–water partition coefficient (Wildman–Crippen LogP) is 6.57. The van der Waals surface area contributed by atoms with Crippen molar-refractivity contribution in [2.24, 2.45) is 5.92 Å². The van der Waals surface area contributed by atoms with Crippen LogP contribution in [0.25, 0.3) is 16.6 Å². The van der Waals surface area contributed by atoms with Crippen LogP contribution in [-0.4, -0.2) is 28.9 Å². The fourth-order valence-corrected chi connectivity index (χ4v) is 4.38. The van der Waals surface area contributed by atoms with E-state index in [9.17, 15) is 14.4 Å². The Balaban J connectivity index is 1.73. The van der Waals surface area contributed by atoms with E-state index in [1.807, 2.05) is 44.3 Å². The lowest BCUT2D eigenvalue weighted by Crippen LogP contribution is -2.14. The highest BCUT2D eigenvalue weighted by molar-refractivity contribution is 6.01. The third kappa shape index (κ3) is 5.50. The summed E-state index contributed by atoms with van der Waals surface area (Å²) in [6, 6.07) is 9.82. The SMILES string of the molecule is C=CC(F)OCc1cc(-c2cnn3cc(C(C)(C)C#N)ccc23)cc(OC)c1C(=O)CCCC1CC1. The third-order valence-corrected chi connectivity index (χ3v) is 6.81. The smallest absolute Gasteiger partial charge is 0.218 e. The van der Waals surface area contributed by atoms with Crippen molar-refractivity contribution >= 4 is 11.3 Å². The normalized spacial score (nSPS) is 14.4. The van der Waals surface area contributed by atoms with Gasteiger partial charge in [0.15, 0.2) is 5.78 Å². The molecule has 1 fully saturated rings. The van der Waals surface area contributed by atoms with Gasteiger partial charge >= 0.3 is 0 Å². The van der Waals surface area contributed by atoms with Crippen LogP contribution in [0.2, 0.25) is 0 Å². The van der Waals surface area contributed by atoms with Crippen molar-refractivity contribution in [3.8, 4) is 22.9 Å². The van der Waals surface area contributed by atoms with E-state index < -0.39 is 11.8 Å². The van der Waals surface area contributed by atoms with Gasteiger partial charge in [0, 0.05) is 18.2 Å². The zero-order valence-electron chi connectivity index (χ0n) is 21.1. The van der Waals surface area contributed by atoms with Gasteiger partial charge in [-0.05, 0) is 67.2 Å². The van der Waals surface area contributed by atoms with Gasteiger partial charge < -0.3 is 9.47 Å². The Labute approximate surface area is 211 Å². The third-order valence-electron chi connectivity index (χ3n) is 6.81. The van der Waals surface area contributed by atoms with Gasteiger partial charge in [0.2, 0.25) is 6.36 Å². The highest BCUT2D eigenvalue weighted by Crippen LogP contribution is 2.37. The van der Waals surface area contributed by atoms with Crippen LogP contribution in [0.15, 0.2) is 49.3 Å². The number of methoxy groups -OCH3 is 1. The molecule has 2 heterocycles. The van der Waals surface area contributed by atoms with Crippen molar-refractivity contribution in [1.29, 1.82) is 5.26 Å². The van der Waals surface area contributed by atoms with Crippen molar-refractivity contribution in [1.82, 2.24) is 9.61 Å². The maximum absolute atomic E-state index is 13.9. The van der Waals surface area contributed by atoms with Gasteiger partial charge in [-0.2, -0.15) is 10.4 Å². The number of hydrogen-bond acceptors (Lipinski definition) is 5. The van der Waals surface area contributed by atoms with E-state index in [0.717, 1.165) is 47.0 Å². The maximum atomic E-state index is 13.9. The lowest BCUT2D eigenvalue weighted by molar-refractivity contribution is -0.0142. The summed E-state index contributed by atoms with van der Waals surface area (Å²) in [5, 5.41) is 14.0. The molecule has 1 unspecified atom stereocenters. The number of carbonyl (C=O) groups excluding carboxylic acids is 1. The van der Waals surface area contributed by atoms with Crippen LogP contribution in [0.5, 0.6) is 5.75 Å². The minimum atomic E-state index is -1.64. The second-order valence-electron chi connectivity index (χ2n) is 9.91. The molecule has 0 spiro atoms. The van der Waals surface area contributed by atoms with E-state index in [1.54, 1.807) is 10.7 Å². The molecule has 0 N–H and O–H groups in total. The number of fused-ring (bicyclic) bond motifs is 1. The molecular weight excluding hydrogens is 457 g/mol. The van der Waals surface area contributed by atoms with Crippen molar-refractivity contribution in [3.05, 3.63) is 66.0 Å². The number of Topliss-reactive ketones (excluding diaryl/α,β-unsaturated/α-hetero) is 1. The first-order valence-corrected chi connectivity index (χ1v) is 12.3. The van der Waals surface area contributed by atoms with E-state index in [2.05, 4.69) is 17.7 Å². The quantitative estimate of drug-likeness (QED) is 0.212. The maximum Gasteiger partial charge on any atom is 0.218 e. The monoisotopic (exact) mass is 489 g/mol. The first-order chi connectivity index (χ1) is 17.3. The highest BCUT2D eigenvalue weighted by atomic mass is 19.1. The van der Waals surface area contributed by atoms with E-state index in [-0.39, 0.29) is 12.4 Å². The second kappa shape index (κ2) is 10.6. The fourth-order valence-electron chi connectivity index (χ4n) is 4.38. The summed E-state index contributed by atoms with van der Waals surface area (Å²) in [7, 11) is 1.53. The molecule has 7 heteroatoms. The minimum absolute atomic E-state index is 0.0325. The molecule has 1 atom stereocenters. The lowest BCUT2D eigenvalue weighted by atomic mass is 9.87. The highest BCUT2D eigenvalue weighted by Gasteiger charge is 2.25. The predicted molar refractivity (Wildman–Crippen MR) is 137 cm³/mol. The van der Waals surface area contributed by atoms with Gasteiger partial charge in [-0.1, -0.05) is 31.9 Å². The average Bonchev–Trinajstić information content (AvgIpc) is 3.61. The number of benzene rings is 1. The second-order valence-corrected chi connectivity index (χ2v) is 9.91. The van der Waals surface area contributed by atoms with Crippen LogP contribution in [0, 0.1) is 17.2 Å². The molecule has 1 aromatic carbocycles. The van der Waals surface area contributed by atoms with Crippen molar-refractivity contribution in [2.45, 2.75) is 64.3 Å². The number of nitriles is 1. The fraction of sp³-hybridized carbons (Fsp3) is 0.414. The van der Waals surface area contributed by atoms with Gasteiger partial charge in [-0.15, -0.1) is 0 Å². The molecule has 0 radical (unpaired) electrons. The van der Waals surface area contributed by atoms with Crippen LogP contribution in [0.3, 0.4) is 0 Å². The van der Waals surface area contributed by atoms with Crippen LogP contribution >= 0.6 is 0 Å². The summed E-state index contributed by atoms with van der Waals surface area (Å²) >= 11 is 0. The number of pyridine rings is 1. The van der Waals surface area contributed by atoms with Crippen LogP contribution < -0.4 is 4.74 Å². The Morgan fingerprint density at radius 1 is 1.39 bits per heavy atom. The lowest BCUT2D eigenvalue weighted by Gasteiger charge is -2.17. The summed E-state index contributed by atoms with van der Waals surface area (Å²) in [4.78, 5) is 13.2. The molecule has 0 saturated heterocycles. The van der Waals surface area contributed by atoms with Crippen LogP contribution in [0.1, 0.15) is 67.4 Å². The molecule has 0 amide bonds. The number of nitrogens with zero attached hydrogens (tertiary/aromatic N) is 3. The number of ketones is 1. The van der Waals surface area contributed by atoms with E-state index in [4.69, 9.17) is 9.47 Å². The molecule has 36 heavy (non-hydrogen) atoms. The zero-order chi connectivity index (χ0) is 25.9. The topological polar surface area (TPSA) is 76.6 Å². The number of rotatable bonds is 12. The molecule has 188 valence electrons. The number of carbonyl (C=O) groups is 1. The van der Waals surface area contributed by atoms with Gasteiger partial charge in [0.25, 0.3) is 0 Å². The summed E-state index contributed by atoms with van der Waals surface area (Å²) < 4.78 is 26.6. The Hall–Kier alpha value is -3.50. The van der Waals surface area contributed by atoms with Gasteiger partial charge in [0.1, 0.15) is 5.75 Å². The Kier molecular flexibility index (Phi) is 7.56. The summed E-state index contributed by atoms with van der Waals surface area (Å²) in [5.41, 5.74) is 3.63. The number of alkyl halides is 1. The summed E-state index contributed by atoms with van der Waals surface area (Å²) in [6.07, 6.45) is 7.79. The Bertz CT molecular complexity index is 1320. The number of hydrogen-bond donors (Lipinski definition) is 0. The van der Waals surface area contributed by atoms with Gasteiger partial charge in [-0.3, -0.25) is 4.79 Å². The van der Waals surface area contributed by atoms with Crippen molar-refractivity contribution in [2.75, 3.05) is 7.11 Å². The number of halogens is 1. The molecule has 0 bridgehead atoms. The molecule has 1 aliphatic carbocycles. The molecule has 1 saturated carbocycles. The average molecular weight is 490 g/mol. The molecule has 3 aromatic rings. The van der Waals surface area contributed by atoms with Crippen molar-refractivity contribution in [3.63, 3.8) is 0 Å². The Morgan fingerprint density at radius 3 is 2.83 bits per heavy atom. The van der Waals surface area contributed by atoms with E-state index >= 15 is 0 Å². The minimum Gasteiger partial charge on any atom is -0.496 e. The van der Waals surface area contributed by atoms with E-state index in [0.29, 0.717) is 23.3 Å². The Morgan fingerprint density at radius 2 is 2.17 bits per heavy atom.